The predicted octanol–water partition coefficient (Wildman–Crippen LogP) is 1.22. The number of thiophene rings is 1. The molecule has 3 heterocycles. The van der Waals surface area contributed by atoms with E-state index in [1.807, 2.05) is 11.4 Å². The zero-order valence-corrected chi connectivity index (χ0v) is 14.1. The number of carbonyl (C=O) groups is 3. The highest BCUT2D eigenvalue weighted by molar-refractivity contribution is 7.12. The molecule has 130 valence electrons. The van der Waals surface area contributed by atoms with Gasteiger partial charge < -0.3 is 14.9 Å². The van der Waals surface area contributed by atoms with Crippen LogP contribution in [0.5, 0.6) is 0 Å². The molecule has 9 heteroatoms. The van der Waals surface area contributed by atoms with Crippen LogP contribution < -0.4 is 0 Å². The van der Waals surface area contributed by atoms with Gasteiger partial charge >= 0.3 is 5.97 Å². The van der Waals surface area contributed by atoms with Gasteiger partial charge in [0.05, 0.1) is 4.88 Å². The summed E-state index contributed by atoms with van der Waals surface area (Å²) in [5, 5.41) is 11.0. The van der Waals surface area contributed by atoms with Gasteiger partial charge in [0.2, 0.25) is 0 Å². The Morgan fingerprint density at radius 1 is 0.960 bits per heavy atom. The Hall–Kier alpha value is -2.81. The van der Waals surface area contributed by atoms with E-state index in [0.717, 1.165) is 0 Å². The van der Waals surface area contributed by atoms with E-state index in [0.29, 0.717) is 37.5 Å². The number of aromatic nitrogens is 2. The van der Waals surface area contributed by atoms with Crippen LogP contribution in [0.25, 0.3) is 0 Å². The quantitative estimate of drug-likeness (QED) is 0.883. The molecule has 8 nitrogen and oxygen atoms in total. The van der Waals surface area contributed by atoms with Gasteiger partial charge in [-0.2, -0.15) is 0 Å². The minimum absolute atomic E-state index is 0.0463. The van der Waals surface area contributed by atoms with Crippen LogP contribution in [0, 0.1) is 0 Å². The number of carbonyl (C=O) groups excluding carboxylic acids is 2. The number of hydrogen-bond donors (Lipinski definition) is 1. The summed E-state index contributed by atoms with van der Waals surface area (Å²) in [6, 6.07) is 3.60. The average Bonchev–Trinajstić information content (AvgIpc) is 3.05. The molecule has 0 bridgehead atoms. The van der Waals surface area contributed by atoms with Crippen LogP contribution >= 0.6 is 11.3 Å². The van der Waals surface area contributed by atoms with Crippen LogP contribution in [-0.4, -0.2) is 68.8 Å². The van der Waals surface area contributed by atoms with E-state index < -0.39 is 11.9 Å². The first-order valence-corrected chi connectivity index (χ1v) is 8.62. The summed E-state index contributed by atoms with van der Waals surface area (Å²) in [6.45, 7) is 1.70. The number of aromatic carboxylic acids is 1. The molecule has 0 saturated carbocycles. The first kappa shape index (κ1) is 17.0. The largest absolute Gasteiger partial charge is 0.476 e. The normalized spacial score (nSPS) is 14.9. The van der Waals surface area contributed by atoms with Gasteiger partial charge in [-0.3, -0.25) is 9.59 Å². The molecule has 0 aliphatic carbocycles. The maximum Gasteiger partial charge on any atom is 0.356 e. The van der Waals surface area contributed by atoms with Gasteiger partial charge in [0, 0.05) is 38.6 Å². The van der Waals surface area contributed by atoms with Crippen LogP contribution in [0.4, 0.5) is 0 Å². The molecule has 3 rings (SSSR count). The lowest BCUT2D eigenvalue weighted by Crippen LogP contribution is -2.38. The van der Waals surface area contributed by atoms with E-state index in [9.17, 15) is 14.4 Å². The van der Waals surface area contributed by atoms with Crippen molar-refractivity contribution in [2.24, 2.45) is 0 Å². The van der Waals surface area contributed by atoms with Gasteiger partial charge in [0.15, 0.2) is 11.4 Å². The highest BCUT2D eigenvalue weighted by atomic mass is 32.1. The summed E-state index contributed by atoms with van der Waals surface area (Å²) in [4.78, 5) is 47.8. The summed E-state index contributed by atoms with van der Waals surface area (Å²) in [5.74, 6) is -1.81. The Kier molecular flexibility index (Phi) is 5.03. The molecule has 0 unspecified atom stereocenters. The molecule has 0 aromatic carbocycles. The lowest BCUT2D eigenvalue weighted by Gasteiger charge is -2.21. The fourth-order valence-corrected chi connectivity index (χ4v) is 3.37. The fourth-order valence-electron chi connectivity index (χ4n) is 2.68. The molecule has 2 amide bonds. The third-order valence-electron chi connectivity index (χ3n) is 3.91. The van der Waals surface area contributed by atoms with Gasteiger partial charge in [0.25, 0.3) is 11.8 Å². The summed E-state index contributed by atoms with van der Waals surface area (Å²) in [5.41, 5.74) is -0.531. The molecular weight excluding hydrogens is 344 g/mol. The molecule has 1 aliphatic heterocycles. The molecule has 1 aliphatic rings. The monoisotopic (exact) mass is 360 g/mol. The molecule has 1 N–H and O–H groups in total. The SMILES string of the molecule is O=C(O)c1nccnc1C(=O)N1CCCN(C(=O)c2cccs2)CC1. The standard InChI is InChI=1S/C16H16N4O4S/c21-14(11-3-1-10-25-11)19-6-2-7-20(9-8-19)15(22)12-13(16(23)24)18-5-4-17-12/h1,3-5,10H,2,6-9H2,(H,23,24). The van der Waals surface area contributed by atoms with Crippen molar-refractivity contribution in [3.8, 4) is 0 Å². The number of nitrogens with zero attached hydrogens (tertiary/aromatic N) is 4. The van der Waals surface area contributed by atoms with Crippen molar-refractivity contribution >= 4 is 29.1 Å². The molecule has 0 atom stereocenters. The van der Waals surface area contributed by atoms with Crippen LogP contribution in [0.15, 0.2) is 29.9 Å². The molecule has 1 saturated heterocycles. The number of hydrogen-bond acceptors (Lipinski definition) is 6. The van der Waals surface area contributed by atoms with Crippen LogP contribution in [0.2, 0.25) is 0 Å². The van der Waals surface area contributed by atoms with Crippen molar-refractivity contribution in [2.45, 2.75) is 6.42 Å². The van der Waals surface area contributed by atoms with E-state index >= 15 is 0 Å². The predicted molar refractivity (Wildman–Crippen MR) is 89.7 cm³/mol. The van der Waals surface area contributed by atoms with Crippen molar-refractivity contribution < 1.29 is 19.5 Å². The second-order valence-electron chi connectivity index (χ2n) is 5.47. The minimum Gasteiger partial charge on any atom is -0.476 e. The van der Waals surface area contributed by atoms with Crippen molar-refractivity contribution in [1.82, 2.24) is 19.8 Å². The Bertz CT molecular complexity index is 793. The van der Waals surface area contributed by atoms with Gasteiger partial charge in [-0.15, -0.1) is 11.3 Å². The van der Waals surface area contributed by atoms with Gasteiger partial charge in [-0.25, -0.2) is 14.8 Å². The molecule has 0 spiro atoms. The van der Waals surface area contributed by atoms with Gasteiger partial charge in [-0.1, -0.05) is 6.07 Å². The van der Waals surface area contributed by atoms with Crippen molar-refractivity contribution in [3.05, 3.63) is 46.2 Å². The molecule has 2 aromatic rings. The van der Waals surface area contributed by atoms with Crippen molar-refractivity contribution in [2.75, 3.05) is 26.2 Å². The van der Waals surface area contributed by atoms with Gasteiger partial charge in [-0.05, 0) is 17.9 Å². The van der Waals surface area contributed by atoms with E-state index in [1.54, 1.807) is 11.0 Å². The van der Waals surface area contributed by atoms with Gasteiger partial charge in [0.1, 0.15) is 0 Å². The third kappa shape index (κ3) is 3.66. The van der Waals surface area contributed by atoms with Crippen LogP contribution in [0.3, 0.4) is 0 Å². The summed E-state index contributed by atoms with van der Waals surface area (Å²) in [7, 11) is 0. The molecule has 1 fully saturated rings. The van der Waals surface area contributed by atoms with E-state index in [2.05, 4.69) is 9.97 Å². The first-order valence-electron chi connectivity index (χ1n) is 7.74. The van der Waals surface area contributed by atoms with E-state index in [4.69, 9.17) is 5.11 Å². The van der Waals surface area contributed by atoms with Crippen LogP contribution in [0.1, 0.15) is 37.1 Å². The lowest BCUT2D eigenvalue weighted by atomic mass is 10.2. The summed E-state index contributed by atoms with van der Waals surface area (Å²) < 4.78 is 0. The highest BCUT2D eigenvalue weighted by Crippen LogP contribution is 2.15. The minimum atomic E-state index is -1.29. The smallest absolute Gasteiger partial charge is 0.356 e. The molecular formula is C16H16N4O4S. The maximum absolute atomic E-state index is 12.6. The fraction of sp³-hybridized carbons (Fsp3) is 0.312. The topological polar surface area (TPSA) is 104 Å². The number of carboxylic acids is 1. The maximum atomic E-state index is 12.6. The Morgan fingerprint density at radius 2 is 1.60 bits per heavy atom. The molecule has 2 aromatic heterocycles. The summed E-state index contributed by atoms with van der Waals surface area (Å²) >= 11 is 1.39. The van der Waals surface area contributed by atoms with Crippen molar-refractivity contribution in [1.29, 1.82) is 0 Å². The second-order valence-corrected chi connectivity index (χ2v) is 6.42. The zero-order valence-electron chi connectivity index (χ0n) is 13.3. The zero-order chi connectivity index (χ0) is 17.8. The Balaban J connectivity index is 1.72. The number of amides is 2. The molecule has 25 heavy (non-hydrogen) atoms. The number of rotatable bonds is 3. The Morgan fingerprint density at radius 3 is 2.20 bits per heavy atom. The second kappa shape index (κ2) is 7.39. The average molecular weight is 360 g/mol. The van der Waals surface area contributed by atoms with E-state index in [1.165, 1.54) is 28.6 Å². The van der Waals surface area contributed by atoms with E-state index in [-0.39, 0.29) is 17.3 Å². The third-order valence-corrected chi connectivity index (χ3v) is 4.76. The lowest BCUT2D eigenvalue weighted by molar-refractivity contribution is 0.0665. The molecule has 0 radical (unpaired) electrons. The first-order chi connectivity index (χ1) is 12.1. The number of carboxylic acid groups (broad SMARTS) is 1. The Labute approximate surface area is 147 Å². The van der Waals surface area contributed by atoms with Crippen LogP contribution in [-0.2, 0) is 0 Å². The van der Waals surface area contributed by atoms with Crippen molar-refractivity contribution in [3.63, 3.8) is 0 Å². The highest BCUT2D eigenvalue weighted by Gasteiger charge is 2.27. The summed E-state index contributed by atoms with van der Waals surface area (Å²) in [6.07, 6.45) is 3.15.